The number of amides is 1. The molecule has 1 aliphatic carbocycles. The van der Waals surface area contributed by atoms with Crippen LogP contribution in [0.1, 0.15) is 54.9 Å². The molecule has 1 saturated carbocycles. The van der Waals surface area contributed by atoms with Crippen molar-refractivity contribution >= 4 is 5.91 Å². The van der Waals surface area contributed by atoms with E-state index < -0.39 is 5.91 Å². The molecule has 2 aliphatic rings. The lowest BCUT2D eigenvalue weighted by Crippen LogP contribution is -2.38. The highest BCUT2D eigenvalue weighted by molar-refractivity contribution is 5.93. The molecule has 0 radical (unpaired) electrons. The Labute approximate surface area is 137 Å². The maximum Gasteiger partial charge on any atom is 0.274 e. The van der Waals surface area contributed by atoms with E-state index in [9.17, 15) is 4.79 Å². The van der Waals surface area contributed by atoms with Crippen molar-refractivity contribution in [3.8, 4) is 5.75 Å². The summed E-state index contributed by atoms with van der Waals surface area (Å²) in [5.74, 6) is 1.05. The number of fused-ring (bicyclic) bond motifs is 1. The number of hydrogen-bond donors (Lipinski definition) is 2. The zero-order valence-electron chi connectivity index (χ0n) is 13.8. The smallest absolute Gasteiger partial charge is 0.274 e. The number of benzene rings is 1. The number of carbonyl (C=O) groups is 1. The maximum atomic E-state index is 11.5. The van der Waals surface area contributed by atoms with Crippen LogP contribution < -0.4 is 10.2 Å². The summed E-state index contributed by atoms with van der Waals surface area (Å²) in [5.41, 5.74) is 3.20. The van der Waals surface area contributed by atoms with Crippen LogP contribution in [0.2, 0.25) is 0 Å². The fourth-order valence-electron chi connectivity index (χ4n) is 3.66. The lowest BCUT2D eigenvalue weighted by atomic mass is 9.88. The minimum absolute atomic E-state index is 0.361. The van der Waals surface area contributed by atoms with Gasteiger partial charge in [0.15, 0.2) is 0 Å². The Kier molecular flexibility index (Phi) is 5.18. The Bertz CT molecular complexity index is 555. The number of hydrogen-bond acceptors (Lipinski definition) is 4. The van der Waals surface area contributed by atoms with Crippen LogP contribution in [0.5, 0.6) is 5.75 Å². The molecule has 1 aliphatic heterocycles. The summed E-state index contributed by atoms with van der Waals surface area (Å²) in [7, 11) is 0. The molecule has 1 aromatic carbocycles. The van der Waals surface area contributed by atoms with Gasteiger partial charge in [-0.05, 0) is 37.8 Å². The normalized spacial score (nSPS) is 22.8. The van der Waals surface area contributed by atoms with Gasteiger partial charge in [-0.25, -0.2) is 5.48 Å². The third kappa shape index (κ3) is 3.85. The van der Waals surface area contributed by atoms with Crippen LogP contribution in [0.15, 0.2) is 18.2 Å². The fourth-order valence-corrected chi connectivity index (χ4v) is 3.66. The van der Waals surface area contributed by atoms with Crippen LogP contribution in [0, 0.1) is 5.92 Å². The molecule has 5 heteroatoms. The molecule has 126 valence electrons. The van der Waals surface area contributed by atoms with Crippen LogP contribution in [-0.2, 0) is 6.54 Å². The molecular weight excluding hydrogens is 292 g/mol. The van der Waals surface area contributed by atoms with Crippen molar-refractivity contribution in [1.82, 2.24) is 10.4 Å². The molecule has 0 saturated heterocycles. The van der Waals surface area contributed by atoms with Gasteiger partial charge in [0.1, 0.15) is 12.4 Å². The predicted octanol–water partition coefficient (Wildman–Crippen LogP) is 2.97. The average Bonchev–Trinajstić information content (AvgIpc) is 2.74. The number of nitrogens with one attached hydrogen (secondary N) is 1. The van der Waals surface area contributed by atoms with E-state index in [1.165, 1.54) is 32.1 Å². The van der Waals surface area contributed by atoms with E-state index in [0.29, 0.717) is 18.2 Å². The van der Waals surface area contributed by atoms with E-state index in [1.54, 1.807) is 17.6 Å². The Hall–Kier alpha value is -1.59. The van der Waals surface area contributed by atoms with Gasteiger partial charge in [-0.1, -0.05) is 25.3 Å². The second kappa shape index (κ2) is 7.32. The Morgan fingerprint density at radius 1 is 1.35 bits per heavy atom. The van der Waals surface area contributed by atoms with E-state index >= 15 is 0 Å². The molecule has 5 nitrogen and oxygen atoms in total. The fraction of sp³-hybridized carbons (Fsp3) is 0.611. The zero-order chi connectivity index (χ0) is 16.2. The first kappa shape index (κ1) is 16.3. The number of rotatable bonds is 3. The van der Waals surface area contributed by atoms with Crippen molar-refractivity contribution in [3.63, 3.8) is 0 Å². The van der Waals surface area contributed by atoms with Crippen LogP contribution in [0.4, 0.5) is 0 Å². The van der Waals surface area contributed by atoms with Gasteiger partial charge < -0.3 is 4.74 Å². The Balaban J connectivity index is 1.74. The highest BCUT2D eigenvalue weighted by Crippen LogP contribution is 2.30. The molecule has 1 aromatic rings. The van der Waals surface area contributed by atoms with E-state index in [2.05, 4.69) is 11.8 Å². The maximum absolute atomic E-state index is 11.5. The van der Waals surface area contributed by atoms with E-state index in [4.69, 9.17) is 9.94 Å². The van der Waals surface area contributed by atoms with Gasteiger partial charge in [-0.2, -0.15) is 0 Å². The SMILES string of the molecule is C[C@H]1COc2cc(C(=O)NO)ccc2CN1CC1CCCCC1. The van der Waals surface area contributed by atoms with Crippen LogP contribution in [0.3, 0.4) is 0 Å². The van der Waals surface area contributed by atoms with E-state index in [-0.39, 0.29) is 0 Å². The standard InChI is InChI=1S/C18H26N2O3/c1-13-12-23-17-9-15(18(21)19-22)7-8-16(17)11-20(13)10-14-5-3-2-4-6-14/h7-9,13-14,22H,2-6,10-12H2,1H3,(H,19,21)/t13-/m0/s1. The topological polar surface area (TPSA) is 61.8 Å². The van der Waals surface area contributed by atoms with Gasteiger partial charge in [0.25, 0.3) is 5.91 Å². The Morgan fingerprint density at radius 3 is 2.87 bits per heavy atom. The summed E-state index contributed by atoms with van der Waals surface area (Å²) in [6, 6.07) is 5.76. The molecule has 0 aromatic heterocycles. The van der Waals surface area contributed by atoms with Crippen molar-refractivity contribution in [3.05, 3.63) is 29.3 Å². The molecule has 2 N–H and O–H groups in total. The molecular formula is C18H26N2O3. The van der Waals surface area contributed by atoms with Gasteiger partial charge in [0.05, 0.1) is 0 Å². The summed E-state index contributed by atoms with van der Waals surface area (Å²) in [4.78, 5) is 14.1. The first-order chi connectivity index (χ1) is 11.2. The summed E-state index contributed by atoms with van der Waals surface area (Å²) in [6.45, 7) is 4.82. The summed E-state index contributed by atoms with van der Waals surface area (Å²) >= 11 is 0. The minimum Gasteiger partial charge on any atom is -0.492 e. The van der Waals surface area contributed by atoms with Gasteiger partial charge >= 0.3 is 0 Å². The van der Waals surface area contributed by atoms with E-state index in [0.717, 1.165) is 30.3 Å². The van der Waals surface area contributed by atoms with Gasteiger partial charge in [-0.15, -0.1) is 0 Å². The van der Waals surface area contributed by atoms with Crippen molar-refractivity contribution < 1.29 is 14.7 Å². The molecule has 0 spiro atoms. The highest BCUT2D eigenvalue weighted by atomic mass is 16.5. The van der Waals surface area contributed by atoms with Crippen molar-refractivity contribution in [2.75, 3.05) is 13.2 Å². The minimum atomic E-state index is -0.507. The zero-order valence-corrected chi connectivity index (χ0v) is 13.8. The molecule has 1 fully saturated rings. The summed E-state index contributed by atoms with van der Waals surface area (Å²) in [5, 5.41) is 8.77. The predicted molar refractivity (Wildman–Crippen MR) is 87.6 cm³/mol. The molecule has 0 unspecified atom stereocenters. The third-order valence-corrected chi connectivity index (χ3v) is 5.13. The average molecular weight is 318 g/mol. The molecule has 1 atom stereocenters. The molecule has 23 heavy (non-hydrogen) atoms. The first-order valence-electron chi connectivity index (χ1n) is 8.61. The summed E-state index contributed by atoms with van der Waals surface area (Å²) < 4.78 is 5.91. The second-order valence-corrected chi connectivity index (χ2v) is 6.86. The van der Waals surface area contributed by atoms with Crippen LogP contribution in [0.25, 0.3) is 0 Å². The van der Waals surface area contributed by atoms with Crippen LogP contribution in [-0.4, -0.2) is 35.2 Å². The van der Waals surface area contributed by atoms with Crippen LogP contribution >= 0.6 is 0 Å². The first-order valence-corrected chi connectivity index (χ1v) is 8.61. The van der Waals surface area contributed by atoms with Gasteiger partial charge in [0, 0.05) is 30.3 Å². The number of hydroxylamine groups is 1. The van der Waals surface area contributed by atoms with Gasteiger partial charge in [-0.3, -0.25) is 14.9 Å². The molecule has 1 amide bonds. The highest BCUT2D eigenvalue weighted by Gasteiger charge is 2.25. The number of ether oxygens (including phenoxy) is 1. The van der Waals surface area contributed by atoms with Crippen molar-refractivity contribution in [2.45, 2.75) is 51.6 Å². The molecule has 3 rings (SSSR count). The Morgan fingerprint density at radius 2 is 2.13 bits per heavy atom. The van der Waals surface area contributed by atoms with Crippen molar-refractivity contribution in [1.29, 1.82) is 0 Å². The molecule has 1 heterocycles. The largest absolute Gasteiger partial charge is 0.492 e. The lowest BCUT2D eigenvalue weighted by Gasteiger charge is -2.32. The third-order valence-electron chi connectivity index (χ3n) is 5.13. The summed E-state index contributed by atoms with van der Waals surface area (Å²) in [6.07, 6.45) is 6.78. The monoisotopic (exact) mass is 318 g/mol. The number of nitrogens with zero attached hydrogens (tertiary/aromatic N) is 1. The second-order valence-electron chi connectivity index (χ2n) is 6.86. The van der Waals surface area contributed by atoms with Gasteiger partial charge in [0.2, 0.25) is 0 Å². The molecule has 0 bridgehead atoms. The van der Waals surface area contributed by atoms with Crippen molar-refractivity contribution in [2.24, 2.45) is 5.92 Å². The lowest BCUT2D eigenvalue weighted by molar-refractivity contribution is 0.0706. The van der Waals surface area contributed by atoms with E-state index in [1.807, 2.05) is 6.07 Å². The number of carbonyl (C=O) groups excluding carboxylic acids is 1. The quantitative estimate of drug-likeness (QED) is 0.664.